The number of rotatable bonds is 2. The molecule has 0 atom stereocenters. The van der Waals surface area contributed by atoms with E-state index in [2.05, 4.69) is 184 Å². The van der Waals surface area contributed by atoms with Crippen molar-refractivity contribution in [3.05, 3.63) is 156 Å². The zero-order chi connectivity index (χ0) is 36.0. The van der Waals surface area contributed by atoms with Gasteiger partial charge in [0.1, 0.15) is 0 Å². The minimum atomic E-state index is -0.178. The van der Waals surface area contributed by atoms with Crippen LogP contribution < -0.4 is 0 Å². The fourth-order valence-electron chi connectivity index (χ4n) is 10.6. The number of hydrogen-bond acceptors (Lipinski definition) is 0. The molecule has 2 heterocycles. The van der Waals surface area contributed by atoms with Gasteiger partial charge in [-0.3, -0.25) is 0 Å². The Hall–Kier alpha value is -5.60. The summed E-state index contributed by atoms with van der Waals surface area (Å²) in [5, 5.41) is 7.92. The molecule has 0 saturated heterocycles. The van der Waals surface area contributed by atoms with Crippen LogP contribution in [0.25, 0.3) is 76.9 Å². The average molecular weight is 685 g/mol. The lowest BCUT2D eigenvalue weighted by Gasteiger charge is -2.42. The van der Waals surface area contributed by atoms with Crippen LogP contribution in [0.15, 0.2) is 133 Å². The Kier molecular flexibility index (Phi) is 6.01. The molecule has 0 unspecified atom stereocenters. The van der Waals surface area contributed by atoms with Crippen LogP contribution in [0.3, 0.4) is 0 Å². The van der Waals surface area contributed by atoms with Crippen molar-refractivity contribution in [1.29, 1.82) is 0 Å². The van der Waals surface area contributed by atoms with Crippen LogP contribution in [-0.4, -0.2) is 9.13 Å². The van der Waals surface area contributed by atoms with Crippen LogP contribution >= 0.6 is 0 Å². The molecule has 0 N–H and O–H groups in total. The minimum absolute atomic E-state index is 0.0742. The highest BCUT2D eigenvalue weighted by molar-refractivity contribution is 6.36. The average Bonchev–Trinajstić information content (AvgIpc) is 3.77. The fourth-order valence-corrected chi connectivity index (χ4v) is 10.6. The molecule has 0 spiro atoms. The molecule has 7 aromatic carbocycles. The third-order valence-electron chi connectivity index (χ3n) is 13.3. The number of nitrogens with zero attached hydrogens (tertiary/aromatic N) is 2. The molecule has 9 aromatic rings. The van der Waals surface area contributed by atoms with E-state index in [9.17, 15) is 0 Å². The van der Waals surface area contributed by atoms with Gasteiger partial charge in [0, 0.05) is 32.6 Å². The smallest absolute Gasteiger partial charge is 0.0795 e. The van der Waals surface area contributed by atoms with E-state index in [0.717, 1.165) is 0 Å². The summed E-state index contributed by atoms with van der Waals surface area (Å²) in [7, 11) is 0. The Labute approximate surface area is 311 Å². The number of para-hydroxylation sites is 2. The van der Waals surface area contributed by atoms with Crippen molar-refractivity contribution in [2.75, 3.05) is 0 Å². The first-order valence-corrected chi connectivity index (χ1v) is 19.3. The monoisotopic (exact) mass is 684 g/mol. The molecule has 0 radical (unpaired) electrons. The summed E-state index contributed by atoms with van der Waals surface area (Å²) in [4.78, 5) is 0. The van der Waals surface area contributed by atoms with E-state index in [1.165, 1.54) is 112 Å². The summed E-state index contributed by atoms with van der Waals surface area (Å²) >= 11 is 0. The summed E-state index contributed by atoms with van der Waals surface area (Å²) in [6.45, 7) is 14.7. The lowest BCUT2D eigenvalue weighted by molar-refractivity contribution is 0.332. The highest BCUT2D eigenvalue weighted by Crippen LogP contribution is 2.55. The predicted molar refractivity (Wildman–Crippen MR) is 225 cm³/mol. The lowest BCUT2D eigenvalue weighted by atomic mass is 9.63. The van der Waals surface area contributed by atoms with Crippen LogP contribution in [0, 0.1) is 0 Å². The second-order valence-electron chi connectivity index (χ2n) is 17.6. The van der Waals surface area contributed by atoms with Crippen molar-refractivity contribution in [2.24, 2.45) is 0 Å². The van der Waals surface area contributed by atoms with Crippen molar-refractivity contribution in [3.63, 3.8) is 0 Å². The van der Waals surface area contributed by atoms with Gasteiger partial charge in [-0.25, -0.2) is 0 Å². The molecule has 0 aliphatic heterocycles. The standard InChI is InChI=1S/C51H44N2/c1-49(2)27-28-50(3,4)40-30-43-37(29-39(40)49)45-34-21-11-10-20-33(34)44-36-22-13-15-25-41(36)52(31-17-8-7-9-18-31)47(44)48(45)53(43)42-26-16-23-35-32-19-12-14-24-38(32)51(5,6)46(35)42/h7-26,29-30H,27-28H2,1-6H3. The number of hydrogen-bond donors (Lipinski definition) is 0. The maximum absolute atomic E-state index is 2.70. The van der Waals surface area contributed by atoms with Crippen molar-refractivity contribution in [2.45, 2.75) is 70.6 Å². The van der Waals surface area contributed by atoms with Gasteiger partial charge in [0.2, 0.25) is 0 Å². The first-order valence-electron chi connectivity index (χ1n) is 19.3. The highest BCUT2D eigenvalue weighted by Gasteiger charge is 2.41. The Morgan fingerprint density at radius 2 is 1.00 bits per heavy atom. The van der Waals surface area contributed by atoms with Gasteiger partial charge in [0.15, 0.2) is 0 Å². The van der Waals surface area contributed by atoms with Gasteiger partial charge < -0.3 is 9.13 Å². The zero-order valence-corrected chi connectivity index (χ0v) is 31.5. The van der Waals surface area contributed by atoms with Crippen molar-refractivity contribution in [3.8, 4) is 22.5 Å². The second kappa shape index (κ2) is 10.3. The number of aromatic nitrogens is 2. The molecule has 53 heavy (non-hydrogen) atoms. The molecule has 0 fully saturated rings. The molecule has 0 saturated carbocycles. The molecule has 0 bridgehead atoms. The molecular weight excluding hydrogens is 641 g/mol. The number of fused-ring (bicyclic) bond motifs is 14. The predicted octanol–water partition coefficient (Wildman–Crippen LogP) is 13.7. The van der Waals surface area contributed by atoms with Gasteiger partial charge in [0.25, 0.3) is 0 Å². The molecule has 2 aromatic heterocycles. The van der Waals surface area contributed by atoms with E-state index in [0.29, 0.717) is 0 Å². The van der Waals surface area contributed by atoms with Crippen molar-refractivity contribution < 1.29 is 0 Å². The van der Waals surface area contributed by atoms with E-state index in [4.69, 9.17) is 0 Å². The van der Waals surface area contributed by atoms with Crippen LogP contribution in [-0.2, 0) is 16.2 Å². The van der Waals surface area contributed by atoms with E-state index in [1.807, 2.05) is 0 Å². The Balaban J connectivity index is 1.46. The van der Waals surface area contributed by atoms with Gasteiger partial charge in [-0.15, -0.1) is 0 Å². The van der Waals surface area contributed by atoms with Gasteiger partial charge >= 0.3 is 0 Å². The highest BCUT2D eigenvalue weighted by atomic mass is 15.0. The third kappa shape index (κ3) is 3.94. The quantitative estimate of drug-likeness (QED) is 0.172. The van der Waals surface area contributed by atoms with Gasteiger partial charge in [-0.05, 0) is 104 Å². The van der Waals surface area contributed by atoms with E-state index in [1.54, 1.807) is 0 Å². The second-order valence-corrected chi connectivity index (χ2v) is 17.6. The Morgan fingerprint density at radius 1 is 0.434 bits per heavy atom. The largest absolute Gasteiger partial charge is 0.307 e. The fraction of sp³-hybridized carbons (Fsp3) is 0.216. The molecule has 2 aliphatic carbocycles. The first-order chi connectivity index (χ1) is 25.6. The lowest BCUT2D eigenvalue weighted by Crippen LogP contribution is -2.33. The van der Waals surface area contributed by atoms with Gasteiger partial charge in [-0.2, -0.15) is 0 Å². The molecule has 0 amide bonds. The SMILES string of the molecule is CC1(C)CCC(C)(C)c2cc3c(cc21)c1c2ccccc2c2c4ccccc4n(-c4ccccc4)c2c1n3-c1cccc2c1C(C)(C)c1ccccc1-2. The molecule has 2 heteroatoms. The zero-order valence-electron chi connectivity index (χ0n) is 31.5. The van der Waals surface area contributed by atoms with E-state index < -0.39 is 0 Å². The van der Waals surface area contributed by atoms with E-state index in [-0.39, 0.29) is 16.2 Å². The first kappa shape index (κ1) is 31.0. The summed E-state index contributed by atoms with van der Waals surface area (Å²) in [6, 6.07) is 50.5. The summed E-state index contributed by atoms with van der Waals surface area (Å²) in [5.74, 6) is 0. The molecule has 2 aliphatic rings. The summed E-state index contributed by atoms with van der Waals surface area (Å²) < 4.78 is 5.24. The van der Waals surface area contributed by atoms with Crippen LogP contribution in [0.1, 0.15) is 76.6 Å². The van der Waals surface area contributed by atoms with Crippen molar-refractivity contribution in [1.82, 2.24) is 9.13 Å². The van der Waals surface area contributed by atoms with E-state index >= 15 is 0 Å². The summed E-state index contributed by atoms with van der Waals surface area (Å²) in [6.07, 6.45) is 2.36. The maximum Gasteiger partial charge on any atom is 0.0795 e. The molecular formula is C51H44N2. The van der Waals surface area contributed by atoms with Crippen LogP contribution in [0.5, 0.6) is 0 Å². The minimum Gasteiger partial charge on any atom is -0.307 e. The van der Waals surface area contributed by atoms with Gasteiger partial charge in [0.05, 0.1) is 27.8 Å². The van der Waals surface area contributed by atoms with Gasteiger partial charge in [-0.1, -0.05) is 139 Å². The molecule has 258 valence electrons. The third-order valence-corrected chi connectivity index (χ3v) is 13.3. The topological polar surface area (TPSA) is 9.86 Å². The normalized spacial score (nSPS) is 16.8. The van der Waals surface area contributed by atoms with Crippen LogP contribution in [0.2, 0.25) is 0 Å². The number of benzene rings is 7. The Morgan fingerprint density at radius 3 is 1.74 bits per heavy atom. The van der Waals surface area contributed by atoms with Crippen LogP contribution in [0.4, 0.5) is 0 Å². The molecule has 11 rings (SSSR count). The molecule has 2 nitrogen and oxygen atoms in total. The summed E-state index contributed by atoms with van der Waals surface area (Å²) in [5.41, 5.74) is 16.0. The maximum atomic E-state index is 2.70. The Bertz CT molecular complexity index is 3020. The van der Waals surface area contributed by atoms with Crippen molar-refractivity contribution >= 4 is 54.4 Å².